The van der Waals surface area contributed by atoms with E-state index in [1.54, 1.807) is 4.90 Å². The second kappa shape index (κ2) is 6.92. The monoisotopic (exact) mass is 344 g/mol. The van der Waals surface area contributed by atoms with Crippen molar-refractivity contribution in [2.75, 3.05) is 37.7 Å². The third-order valence-corrected chi connectivity index (χ3v) is 4.24. The molecule has 0 unspecified atom stereocenters. The highest BCUT2D eigenvalue weighted by atomic mass is 19.4. The number of morpholine rings is 1. The number of aromatic nitrogens is 2. The first kappa shape index (κ1) is 16.9. The summed E-state index contributed by atoms with van der Waals surface area (Å²) in [5.41, 5.74) is 0.171. The topological polar surface area (TPSA) is 58.6 Å². The molecule has 3 heterocycles. The number of hydrogen-bond donors (Lipinski definition) is 0. The number of carbonyl (C=O) groups is 1. The van der Waals surface area contributed by atoms with Crippen LogP contribution in [0.2, 0.25) is 0 Å². The molecule has 0 spiro atoms. The van der Waals surface area contributed by atoms with Gasteiger partial charge in [-0.2, -0.15) is 13.2 Å². The van der Waals surface area contributed by atoms with Gasteiger partial charge in [0.05, 0.1) is 25.5 Å². The van der Waals surface area contributed by atoms with Crippen LogP contribution in [0.1, 0.15) is 29.8 Å². The van der Waals surface area contributed by atoms with Crippen molar-refractivity contribution in [3.05, 3.63) is 18.1 Å². The van der Waals surface area contributed by atoms with Crippen LogP contribution in [0.15, 0.2) is 12.4 Å². The number of likely N-dealkylation sites (tertiary alicyclic amines) is 1. The van der Waals surface area contributed by atoms with E-state index < -0.39 is 12.3 Å². The van der Waals surface area contributed by atoms with Crippen LogP contribution in [0.5, 0.6) is 0 Å². The largest absolute Gasteiger partial charge is 0.416 e. The minimum atomic E-state index is -4.42. The van der Waals surface area contributed by atoms with Gasteiger partial charge >= 0.3 is 6.18 Å². The van der Waals surface area contributed by atoms with E-state index >= 15 is 0 Å². The van der Waals surface area contributed by atoms with Gasteiger partial charge in [-0.15, -0.1) is 0 Å². The molecule has 0 saturated carbocycles. The van der Waals surface area contributed by atoms with Gasteiger partial charge < -0.3 is 14.5 Å². The van der Waals surface area contributed by atoms with Gasteiger partial charge in [0.2, 0.25) is 0 Å². The lowest BCUT2D eigenvalue weighted by Crippen LogP contribution is -2.49. The van der Waals surface area contributed by atoms with Crippen LogP contribution in [0, 0.1) is 0 Å². The molecular formula is C15H19F3N4O2. The fourth-order valence-corrected chi connectivity index (χ4v) is 2.93. The van der Waals surface area contributed by atoms with Gasteiger partial charge in [-0.05, 0) is 19.3 Å². The molecule has 1 aromatic rings. The molecule has 1 aromatic heterocycles. The quantitative estimate of drug-likeness (QED) is 0.820. The van der Waals surface area contributed by atoms with Crippen molar-refractivity contribution in [3.8, 4) is 0 Å². The van der Waals surface area contributed by atoms with E-state index in [1.165, 1.54) is 17.3 Å². The van der Waals surface area contributed by atoms with E-state index in [1.807, 2.05) is 0 Å². The molecule has 2 aliphatic rings. The zero-order valence-corrected chi connectivity index (χ0v) is 13.1. The smallest absolute Gasteiger partial charge is 0.365 e. The van der Waals surface area contributed by atoms with Gasteiger partial charge in [-0.1, -0.05) is 0 Å². The summed E-state index contributed by atoms with van der Waals surface area (Å²) < 4.78 is 43.3. The molecule has 9 heteroatoms. The Balaban J connectivity index is 1.74. The average Bonchev–Trinajstić information content (AvgIpc) is 2.61. The van der Waals surface area contributed by atoms with Crippen molar-refractivity contribution in [2.45, 2.75) is 31.5 Å². The van der Waals surface area contributed by atoms with E-state index in [9.17, 15) is 18.0 Å². The Morgan fingerprint density at radius 2 is 1.92 bits per heavy atom. The molecular weight excluding hydrogens is 325 g/mol. The van der Waals surface area contributed by atoms with Gasteiger partial charge in [0.15, 0.2) is 6.10 Å². The van der Waals surface area contributed by atoms with Gasteiger partial charge in [0.25, 0.3) is 5.91 Å². The average molecular weight is 344 g/mol. The van der Waals surface area contributed by atoms with Crippen LogP contribution in [-0.2, 0) is 4.74 Å². The molecule has 1 amide bonds. The number of nitrogens with zero attached hydrogens (tertiary/aromatic N) is 4. The number of ether oxygens (including phenoxy) is 1. The normalized spacial score (nSPS) is 22.5. The van der Waals surface area contributed by atoms with Crippen LogP contribution in [0.4, 0.5) is 19.0 Å². The van der Waals surface area contributed by atoms with Crippen molar-refractivity contribution < 1.29 is 22.7 Å². The van der Waals surface area contributed by atoms with E-state index in [0.717, 1.165) is 19.3 Å². The number of amides is 1. The van der Waals surface area contributed by atoms with Gasteiger partial charge in [-0.25, -0.2) is 4.98 Å². The Hall–Kier alpha value is -1.90. The molecule has 24 heavy (non-hydrogen) atoms. The molecule has 132 valence electrons. The lowest BCUT2D eigenvalue weighted by Gasteiger charge is -2.34. The molecule has 6 nitrogen and oxygen atoms in total. The number of anilines is 1. The first-order valence-corrected chi connectivity index (χ1v) is 8.00. The van der Waals surface area contributed by atoms with E-state index in [0.29, 0.717) is 13.1 Å². The van der Waals surface area contributed by atoms with Crippen molar-refractivity contribution >= 4 is 11.7 Å². The Bertz CT molecular complexity index is 590. The summed E-state index contributed by atoms with van der Waals surface area (Å²) in [5.74, 6) is 0.0556. The summed E-state index contributed by atoms with van der Waals surface area (Å²) in [7, 11) is 0. The minimum absolute atomic E-state index is 0.0455. The standard InChI is InChI=1S/C15H19F3N4O2/c16-15(17,18)12-10-22(6-7-24-12)13-9-19-8-11(20-13)14(23)21-4-2-1-3-5-21/h8-9,12H,1-7,10H2/t12-/m1/s1. The number of piperidine rings is 1. The second-order valence-corrected chi connectivity index (χ2v) is 5.96. The first-order valence-electron chi connectivity index (χ1n) is 8.00. The predicted octanol–water partition coefficient (Wildman–Crippen LogP) is 1.87. The molecule has 0 N–H and O–H groups in total. The summed E-state index contributed by atoms with van der Waals surface area (Å²) in [6.45, 7) is 1.25. The number of rotatable bonds is 2. The SMILES string of the molecule is O=C(c1cncc(N2CCO[C@@H](C(F)(F)F)C2)n1)N1CCCCC1. The molecule has 0 bridgehead atoms. The minimum Gasteiger partial charge on any atom is -0.365 e. The number of hydrogen-bond acceptors (Lipinski definition) is 5. The molecule has 2 aliphatic heterocycles. The number of alkyl halides is 3. The molecule has 2 fully saturated rings. The maximum Gasteiger partial charge on any atom is 0.416 e. The lowest BCUT2D eigenvalue weighted by atomic mass is 10.1. The molecule has 0 radical (unpaired) electrons. The summed E-state index contributed by atoms with van der Waals surface area (Å²) in [4.78, 5) is 23.9. The highest BCUT2D eigenvalue weighted by Crippen LogP contribution is 2.27. The van der Waals surface area contributed by atoms with E-state index in [-0.39, 0.29) is 37.1 Å². The fraction of sp³-hybridized carbons (Fsp3) is 0.667. The van der Waals surface area contributed by atoms with Crippen LogP contribution in [-0.4, -0.2) is 65.8 Å². The lowest BCUT2D eigenvalue weighted by molar-refractivity contribution is -0.221. The zero-order chi connectivity index (χ0) is 17.2. The summed E-state index contributed by atoms with van der Waals surface area (Å²) in [5, 5.41) is 0. The van der Waals surface area contributed by atoms with Crippen LogP contribution < -0.4 is 4.90 Å². The van der Waals surface area contributed by atoms with Crippen molar-refractivity contribution in [3.63, 3.8) is 0 Å². The highest BCUT2D eigenvalue weighted by Gasteiger charge is 2.43. The molecule has 0 aromatic carbocycles. The predicted molar refractivity (Wildman–Crippen MR) is 79.8 cm³/mol. The summed E-state index contributed by atoms with van der Waals surface area (Å²) in [6, 6.07) is 0. The third kappa shape index (κ3) is 3.77. The van der Waals surface area contributed by atoms with Crippen LogP contribution >= 0.6 is 0 Å². The highest BCUT2D eigenvalue weighted by molar-refractivity contribution is 5.92. The van der Waals surface area contributed by atoms with Crippen molar-refractivity contribution in [2.24, 2.45) is 0 Å². The Morgan fingerprint density at radius 3 is 2.62 bits per heavy atom. The summed E-state index contributed by atoms with van der Waals surface area (Å²) in [6.07, 6.45) is -0.524. The van der Waals surface area contributed by atoms with Gasteiger partial charge in [0.1, 0.15) is 11.5 Å². The first-order chi connectivity index (χ1) is 11.4. The third-order valence-electron chi connectivity index (χ3n) is 4.24. The van der Waals surface area contributed by atoms with E-state index in [2.05, 4.69) is 9.97 Å². The Labute approximate surface area is 137 Å². The van der Waals surface area contributed by atoms with Gasteiger partial charge in [0, 0.05) is 19.6 Å². The Kier molecular flexibility index (Phi) is 4.88. The second-order valence-electron chi connectivity index (χ2n) is 5.96. The number of carbonyl (C=O) groups excluding carboxylic acids is 1. The van der Waals surface area contributed by atoms with Crippen LogP contribution in [0.25, 0.3) is 0 Å². The molecule has 1 atom stereocenters. The fourth-order valence-electron chi connectivity index (χ4n) is 2.93. The Morgan fingerprint density at radius 1 is 1.17 bits per heavy atom. The number of halogens is 3. The maximum absolute atomic E-state index is 12.8. The maximum atomic E-state index is 12.8. The van der Waals surface area contributed by atoms with Crippen LogP contribution in [0.3, 0.4) is 0 Å². The molecule has 3 rings (SSSR count). The van der Waals surface area contributed by atoms with Crippen molar-refractivity contribution in [1.82, 2.24) is 14.9 Å². The van der Waals surface area contributed by atoms with Gasteiger partial charge in [-0.3, -0.25) is 9.78 Å². The summed E-state index contributed by atoms with van der Waals surface area (Å²) >= 11 is 0. The van der Waals surface area contributed by atoms with Crippen molar-refractivity contribution in [1.29, 1.82) is 0 Å². The van der Waals surface area contributed by atoms with E-state index in [4.69, 9.17) is 4.74 Å². The molecule has 2 saturated heterocycles. The zero-order valence-electron chi connectivity index (χ0n) is 13.1. The molecule has 0 aliphatic carbocycles.